The molecule has 0 fully saturated rings. The molecule has 104 valence electrons. The minimum atomic E-state index is -0.839. The number of esters is 1. The van der Waals surface area contributed by atoms with Gasteiger partial charge in [-0.3, -0.25) is 10.1 Å². The maximum atomic E-state index is 11.6. The highest BCUT2D eigenvalue weighted by atomic mass is 16.5. The molecule has 0 aliphatic heterocycles. The van der Waals surface area contributed by atoms with Crippen molar-refractivity contribution < 1.29 is 14.3 Å². The summed E-state index contributed by atoms with van der Waals surface area (Å²) in [4.78, 5) is 11.6. The topological polar surface area (TPSA) is 71.3 Å². The van der Waals surface area contributed by atoms with Crippen molar-refractivity contribution in [3.05, 3.63) is 0 Å². The summed E-state index contributed by atoms with van der Waals surface area (Å²) < 4.78 is 10.3. The zero-order valence-electron chi connectivity index (χ0n) is 12.4. The first-order chi connectivity index (χ1) is 7.96. The van der Waals surface area contributed by atoms with Gasteiger partial charge in [-0.1, -0.05) is 0 Å². The van der Waals surface area contributed by atoms with Gasteiger partial charge in [0.1, 0.15) is 11.1 Å². The number of carbonyl (C=O) groups is 1. The van der Waals surface area contributed by atoms with Crippen LogP contribution >= 0.6 is 0 Å². The Labute approximate surface area is 109 Å². The van der Waals surface area contributed by atoms with Gasteiger partial charge in [0.25, 0.3) is 0 Å². The molecular formula is C13H24N2O3. The summed E-state index contributed by atoms with van der Waals surface area (Å²) in [7, 11) is 1.36. The van der Waals surface area contributed by atoms with Gasteiger partial charge in [0, 0.05) is 5.54 Å². The van der Waals surface area contributed by atoms with Gasteiger partial charge in [0.15, 0.2) is 0 Å². The second-order valence-electron chi connectivity index (χ2n) is 6.04. The third-order valence-electron chi connectivity index (χ3n) is 2.41. The largest absolute Gasteiger partial charge is 0.468 e. The Hall–Kier alpha value is -1.12. The average molecular weight is 256 g/mol. The molecule has 0 radical (unpaired) electrons. The minimum Gasteiger partial charge on any atom is -0.468 e. The summed E-state index contributed by atoms with van der Waals surface area (Å²) in [5, 5.41) is 12.1. The van der Waals surface area contributed by atoms with Crippen LogP contribution in [-0.2, 0) is 14.3 Å². The maximum Gasteiger partial charge on any atom is 0.325 e. The van der Waals surface area contributed by atoms with Crippen molar-refractivity contribution in [2.75, 3.05) is 13.7 Å². The summed E-state index contributed by atoms with van der Waals surface area (Å²) in [6.45, 7) is 11.0. The number of nitrogens with zero attached hydrogens (tertiary/aromatic N) is 1. The first-order valence-electron chi connectivity index (χ1n) is 5.89. The third-order valence-corrected chi connectivity index (χ3v) is 2.41. The molecule has 0 aromatic rings. The van der Waals surface area contributed by atoms with E-state index in [9.17, 15) is 4.79 Å². The van der Waals surface area contributed by atoms with Crippen molar-refractivity contribution in [3.8, 4) is 6.07 Å². The number of nitriles is 1. The summed E-state index contributed by atoms with van der Waals surface area (Å²) in [5.74, 6) is -0.338. The fraction of sp³-hybridized carbons (Fsp3) is 0.846. The van der Waals surface area contributed by atoms with Gasteiger partial charge >= 0.3 is 5.97 Å². The van der Waals surface area contributed by atoms with Crippen LogP contribution in [0.3, 0.4) is 0 Å². The van der Waals surface area contributed by atoms with E-state index in [0.717, 1.165) is 0 Å². The lowest BCUT2D eigenvalue weighted by atomic mass is 9.98. The molecule has 0 atom stereocenters. The van der Waals surface area contributed by atoms with Crippen molar-refractivity contribution in [2.24, 2.45) is 0 Å². The van der Waals surface area contributed by atoms with Gasteiger partial charge in [-0.25, -0.2) is 0 Å². The summed E-state index contributed by atoms with van der Waals surface area (Å²) in [6.07, 6.45) is 0. The third kappa shape index (κ3) is 5.48. The second kappa shape index (κ2) is 5.68. The molecule has 0 amide bonds. The van der Waals surface area contributed by atoms with E-state index in [2.05, 4.69) is 11.4 Å². The Morgan fingerprint density at radius 3 is 2.11 bits per heavy atom. The van der Waals surface area contributed by atoms with Crippen LogP contribution in [0.1, 0.15) is 41.5 Å². The summed E-state index contributed by atoms with van der Waals surface area (Å²) in [5.41, 5.74) is -2.10. The highest BCUT2D eigenvalue weighted by Crippen LogP contribution is 2.16. The van der Waals surface area contributed by atoms with Crippen LogP contribution in [0.4, 0.5) is 0 Å². The van der Waals surface area contributed by atoms with Gasteiger partial charge in [-0.15, -0.1) is 0 Å². The fourth-order valence-electron chi connectivity index (χ4n) is 1.58. The zero-order chi connectivity index (χ0) is 14.6. The number of nitrogens with one attached hydrogen (secondary N) is 1. The number of methoxy groups -OCH3 is 1. The predicted molar refractivity (Wildman–Crippen MR) is 69.0 cm³/mol. The Morgan fingerprint density at radius 2 is 1.72 bits per heavy atom. The Bertz CT molecular complexity index is 341. The van der Waals surface area contributed by atoms with Crippen molar-refractivity contribution in [2.45, 2.75) is 58.2 Å². The molecule has 5 heteroatoms. The van der Waals surface area contributed by atoms with E-state index in [-0.39, 0.29) is 5.97 Å². The SMILES string of the molecule is COC(=O)C(C)(C)NC(C)(C)COC(C)(C)C#N. The molecular weight excluding hydrogens is 232 g/mol. The van der Waals surface area contributed by atoms with Gasteiger partial charge in [-0.2, -0.15) is 5.26 Å². The van der Waals surface area contributed by atoms with E-state index >= 15 is 0 Å². The monoisotopic (exact) mass is 256 g/mol. The Balaban J connectivity index is 4.58. The maximum absolute atomic E-state index is 11.6. The van der Waals surface area contributed by atoms with E-state index < -0.39 is 16.7 Å². The molecule has 5 nitrogen and oxygen atoms in total. The molecule has 0 aromatic carbocycles. The molecule has 18 heavy (non-hydrogen) atoms. The number of rotatable bonds is 6. The standard InChI is InChI=1S/C13H24N2O3/c1-11(2,9-18-12(3,4)8-14)15-13(5,6)10(16)17-7/h15H,9H2,1-7H3. The summed E-state index contributed by atoms with van der Waals surface area (Å²) in [6, 6.07) is 2.07. The van der Waals surface area contributed by atoms with Crippen LogP contribution in [0.25, 0.3) is 0 Å². The minimum absolute atomic E-state index is 0.313. The van der Waals surface area contributed by atoms with E-state index in [4.69, 9.17) is 14.7 Å². The highest BCUT2D eigenvalue weighted by Gasteiger charge is 2.35. The lowest BCUT2D eigenvalue weighted by Gasteiger charge is -2.36. The van der Waals surface area contributed by atoms with Crippen molar-refractivity contribution >= 4 is 5.97 Å². The molecule has 0 rings (SSSR count). The van der Waals surface area contributed by atoms with E-state index in [1.807, 2.05) is 13.8 Å². The molecule has 0 aliphatic carbocycles. The van der Waals surface area contributed by atoms with Crippen LogP contribution in [0.15, 0.2) is 0 Å². The van der Waals surface area contributed by atoms with Crippen LogP contribution in [0.5, 0.6) is 0 Å². The normalized spacial score (nSPS) is 13.0. The molecule has 1 N–H and O–H groups in total. The molecule has 0 aromatic heterocycles. The first kappa shape index (κ1) is 16.9. The number of carbonyl (C=O) groups excluding carboxylic acids is 1. The van der Waals surface area contributed by atoms with Crippen LogP contribution in [-0.4, -0.2) is 36.4 Å². The van der Waals surface area contributed by atoms with Crippen LogP contribution in [0, 0.1) is 11.3 Å². The first-order valence-corrected chi connectivity index (χ1v) is 5.89. The van der Waals surface area contributed by atoms with Gasteiger partial charge < -0.3 is 9.47 Å². The number of hydrogen-bond donors (Lipinski definition) is 1. The molecule has 0 unspecified atom stereocenters. The fourth-order valence-corrected chi connectivity index (χ4v) is 1.58. The molecule has 0 aliphatic rings. The van der Waals surface area contributed by atoms with E-state index in [0.29, 0.717) is 6.61 Å². The lowest BCUT2D eigenvalue weighted by Crippen LogP contribution is -2.59. The zero-order valence-corrected chi connectivity index (χ0v) is 12.4. The molecule has 0 spiro atoms. The number of hydrogen-bond acceptors (Lipinski definition) is 5. The smallest absolute Gasteiger partial charge is 0.325 e. The quantitative estimate of drug-likeness (QED) is 0.731. The van der Waals surface area contributed by atoms with Gasteiger partial charge in [0.05, 0.1) is 19.8 Å². The van der Waals surface area contributed by atoms with E-state index in [1.54, 1.807) is 27.7 Å². The lowest BCUT2D eigenvalue weighted by molar-refractivity contribution is -0.148. The molecule has 0 bridgehead atoms. The molecule has 0 saturated heterocycles. The van der Waals surface area contributed by atoms with E-state index in [1.165, 1.54) is 7.11 Å². The number of ether oxygens (including phenoxy) is 2. The highest BCUT2D eigenvalue weighted by molar-refractivity contribution is 5.79. The predicted octanol–water partition coefficient (Wildman–Crippen LogP) is 1.62. The Kier molecular flexibility index (Phi) is 5.33. The van der Waals surface area contributed by atoms with Crippen LogP contribution in [0.2, 0.25) is 0 Å². The molecule has 0 saturated carbocycles. The van der Waals surface area contributed by atoms with Crippen molar-refractivity contribution in [1.82, 2.24) is 5.32 Å². The van der Waals surface area contributed by atoms with Crippen molar-refractivity contribution in [3.63, 3.8) is 0 Å². The Morgan fingerprint density at radius 1 is 1.22 bits per heavy atom. The second-order valence-corrected chi connectivity index (χ2v) is 6.04. The summed E-state index contributed by atoms with van der Waals surface area (Å²) >= 11 is 0. The molecule has 0 heterocycles. The van der Waals surface area contributed by atoms with Gasteiger partial charge in [-0.05, 0) is 41.5 Å². The van der Waals surface area contributed by atoms with Crippen LogP contribution < -0.4 is 5.32 Å². The van der Waals surface area contributed by atoms with Crippen molar-refractivity contribution in [1.29, 1.82) is 5.26 Å². The average Bonchev–Trinajstić information content (AvgIpc) is 2.24. The van der Waals surface area contributed by atoms with Gasteiger partial charge in [0.2, 0.25) is 0 Å².